The van der Waals surface area contributed by atoms with Crippen LogP contribution in [0.25, 0.3) is 0 Å². The number of benzene rings is 1. The van der Waals surface area contributed by atoms with Crippen molar-refractivity contribution in [1.29, 1.82) is 0 Å². The van der Waals surface area contributed by atoms with Crippen LogP contribution >= 0.6 is 0 Å². The van der Waals surface area contributed by atoms with E-state index in [2.05, 4.69) is 0 Å². The maximum absolute atomic E-state index is 13.5. The summed E-state index contributed by atoms with van der Waals surface area (Å²) in [6.07, 6.45) is 3.63. The molecular weight excluding hydrogens is 248 g/mol. The van der Waals surface area contributed by atoms with Gasteiger partial charge in [0.15, 0.2) is 0 Å². The van der Waals surface area contributed by atoms with Crippen molar-refractivity contribution in [2.75, 3.05) is 6.54 Å². The molecule has 0 heterocycles. The summed E-state index contributed by atoms with van der Waals surface area (Å²) in [4.78, 5) is 12.3. The van der Waals surface area contributed by atoms with Crippen LogP contribution in [0.3, 0.4) is 0 Å². The Morgan fingerprint density at radius 1 is 1.21 bits per heavy atom. The highest BCUT2D eigenvalue weighted by molar-refractivity contribution is 5.83. The molecule has 19 heavy (non-hydrogen) atoms. The van der Waals surface area contributed by atoms with Gasteiger partial charge in [-0.05, 0) is 37.4 Å². The number of hydrogen-bond donors (Lipinski definition) is 1. The van der Waals surface area contributed by atoms with Crippen LogP contribution in [0, 0.1) is 23.5 Å². The minimum absolute atomic E-state index is 0.0841. The predicted molar refractivity (Wildman–Crippen MR) is 69.6 cm³/mol. The lowest BCUT2D eigenvalue weighted by molar-refractivity contribution is -0.124. The van der Waals surface area contributed by atoms with Gasteiger partial charge in [0.2, 0.25) is 0 Å². The number of carbonyl (C=O) groups is 1. The van der Waals surface area contributed by atoms with Gasteiger partial charge in [-0.1, -0.05) is 18.9 Å². The first kappa shape index (κ1) is 14.1. The van der Waals surface area contributed by atoms with Crippen molar-refractivity contribution < 1.29 is 13.6 Å². The molecule has 0 bridgehead atoms. The maximum atomic E-state index is 13.5. The van der Waals surface area contributed by atoms with E-state index in [1.165, 1.54) is 18.2 Å². The molecule has 0 saturated heterocycles. The van der Waals surface area contributed by atoms with E-state index in [4.69, 9.17) is 5.73 Å². The van der Waals surface area contributed by atoms with Gasteiger partial charge in [-0.25, -0.2) is 8.78 Å². The van der Waals surface area contributed by atoms with Gasteiger partial charge in [-0.3, -0.25) is 4.79 Å². The summed E-state index contributed by atoms with van der Waals surface area (Å²) in [5, 5.41) is 0. The lowest BCUT2D eigenvalue weighted by atomic mass is 9.76. The van der Waals surface area contributed by atoms with Crippen molar-refractivity contribution in [3.05, 3.63) is 35.4 Å². The summed E-state index contributed by atoms with van der Waals surface area (Å²) in [5.41, 5.74) is 5.57. The summed E-state index contributed by atoms with van der Waals surface area (Å²) >= 11 is 0. The van der Waals surface area contributed by atoms with Gasteiger partial charge >= 0.3 is 0 Å². The number of halogens is 2. The molecule has 1 aliphatic carbocycles. The van der Waals surface area contributed by atoms with Crippen molar-refractivity contribution in [3.8, 4) is 0 Å². The molecule has 4 heteroatoms. The van der Waals surface area contributed by atoms with Crippen LogP contribution in [0.1, 0.15) is 31.2 Å². The first-order chi connectivity index (χ1) is 9.13. The number of nitrogens with two attached hydrogens (primary N) is 1. The SMILES string of the molecule is NCC1CCCCC1C(=O)Cc1c(F)cccc1F. The second-order valence-corrected chi connectivity index (χ2v) is 5.23. The molecular formula is C15H19F2NO. The Morgan fingerprint density at radius 2 is 1.84 bits per heavy atom. The van der Waals surface area contributed by atoms with Crippen LogP contribution in [0.15, 0.2) is 18.2 Å². The molecule has 1 fully saturated rings. The van der Waals surface area contributed by atoms with Gasteiger partial charge in [-0.2, -0.15) is 0 Å². The quantitative estimate of drug-likeness (QED) is 0.911. The fraction of sp³-hybridized carbons (Fsp3) is 0.533. The summed E-state index contributed by atoms with van der Waals surface area (Å²) in [6.45, 7) is 0.468. The average Bonchev–Trinajstić information content (AvgIpc) is 2.42. The third-order valence-corrected chi connectivity index (χ3v) is 4.04. The number of hydrogen-bond acceptors (Lipinski definition) is 2. The molecule has 0 spiro atoms. The van der Waals surface area contributed by atoms with Crippen LogP contribution in [-0.4, -0.2) is 12.3 Å². The normalized spacial score (nSPS) is 23.3. The highest BCUT2D eigenvalue weighted by Crippen LogP contribution is 2.31. The zero-order valence-electron chi connectivity index (χ0n) is 10.9. The van der Waals surface area contributed by atoms with E-state index in [0.717, 1.165) is 25.7 Å². The van der Waals surface area contributed by atoms with Crippen molar-refractivity contribution in [3.63, 3.8) is 0 Å². The fourth-order valence-corrected chi connectivity index (χ4v) is 2.92. The Hall–Kier alpha value is -1.29. The molecule has 104 valence electrons. The van der Waals surface area contributed by atoms with E-state index in [0.29, 0.717) is 6.54 Å². The summed E-state index contributed by atoms with van der Waals surface area (Å²) in [7, 11) is 0. The second-order valence-electron chi connectivity index (χ2n) is 5.23. The van der Waals surface area contributed by atoms with Crippen LogP contribution in [0.2, 0.25) is 0 Å². The predicted octanol–water partition coefficient (Wildman–Crippen LogP) is 2.84. The van der Waals surface area contributed by atoms with Crippen LogP contribution in [0.5, 0.6) is 0 Å². The lowest BCUT2D eigenvalue weighted by Crippen LogP contribution is -2.33. The monoisotopic (exact) mass is 267 g/mol. The van der Waals surface area contributed by atoms with E-state index < -0.39 is 11.6 Å². The van der Waals surface area contributed by atoms with Crippen molar-refractivity contribution in [2.24, 2.45) is 17.6 Å². The standard InChI is InChI=1S/C15H19F2NO/c16-13-6-3-7-14(17)12(13)8-15(19)11-5-2-1-4-10(11)9-18/h3,6-7,10-11H,1-2,4-5,8-9,18H2. The van der Waals surface area contributed by atoms with Crippen LogP contribution in [0.4, 0.5) is 8.78 Å². The highest BCUT2D eigenvalue weighted by Gasteiger charge is 2.30. The smallest absolute Gasteiger partial charge is 0.140 e. The van der Waals surface area contributed by atoms with E-state index in [9.17, 15) is 13.6 Å². The van der Waals surface area contributed by atoms with E-state index >= 15 is 0 Å². The maximum Gasteiger partial charge on any atom is 0.140 e. The first-order valence-electron chi connectivity index (χ1n) is 6.79. The molecule has 0 aromatic heterocycles. The van der Waals surface area contributed by atoms with Crippen LogP contribution < -0.4 is 5.73 Å². The van der Waals surface area contributed by atoms with E-state index in [-0.39, 0.29) is 29.6 Å². The highest BCUT2D eigenvalue weighted by atomic mass is 19.1. The average molecular weight is 267 g/mol. The minimum atomic E-state index is -0.645. The third kappa shape index (κ3) is 3.18. The lowest BCUT2D eigenvalue weighted by Gasteiger charge is -2.29. The molecule has 0 aliphatic heterocycles. The number of Topliss-reactive ketones (excluding diaryl/α,β-unsaturated/α-hetero) is 1. The fourth-order valence-electron chi connectivity index (χ4n) is 2.92. The Morgan fingerprint density at radius 3 is 2.47 bits per heavy atom. The Kier molecular flexibility index (Phi) is 4.64. The van der Waals surface area contributed by atoms with Gasteiger partial charge in [0.05, 0.1) is 0 Å². The van der Waals surface area contributed by atoms with E-state index in [1.54, 1.807) is 0 Å². The molecule has 2 nitrogen and oxygen atoms in total. The molecule has 0 amide bonds. The van der Waals surface area contributed by atoms with E-state index in [1.807, 2.05) is 0 Å². The van der Waals surface area contributed by atoms with Gasteiger partial charge in [0, 0.05) is 17.9 Å². The van der Waals surface area contributed by atoms with Crippen molar-refractivity contribution in [2.45, 2.75) is 32.1 Å². The molecule has 2 unspecified atom stereocenters. The van der Waals surface area contributed by atoms with Crippen molar-refractivity contribution in [1.82, 2.24) is 0 Å². The Labute approximate surface area is 112 Å². The zero-order valence-corrected chi connectivity index (χ0v) is 10.9. The number of rotatable bonds is 4. The summed E-state index contributed by atoms with van der Waals surface area (Å²) in [5.74, 6) is -1.35. The molecule has 1 saturated carbocycles. The Balaban J connectivity index is 2.12. The van der Waals surface area contributed by atoms with Gasteiger partial charge < -0.3 is 5.73 Å². The zero-order chi connectivity index (χ0) is 13.8. The number of carbonyl (C=O) groups excluding carboxylic acids is 1. The minimum Gasteiger partial charge on any atom is -0.330 e. The topological polar surface area (TPSA) is 43.1 Å². The third-order valence-electron chi connectivity index (χ3n) is 4.04. The molecule has 1 aromatic carbocycles. The van der Waals surface area contributed by atoms with Crippen molar-refractivity contribution >= 4 is 5.78 Å². The van der Waals surface area contributed by atoms with Gasteiger partial charge in [0.1, 0.15) is 17.4 Å². The first-order valence-corrected chi connectivity index (χ1v) is 6.79. The second kappa shape index (κ2) is 6.24. The molecule has 0 radical (unpaired) electrons. The summed E-state index contributed by atoms with van der Waals surface area (Å²) in [6, 6.07) is 3.68. The Bertz CT molecular complexity index is 441. The van der Waals surface area contributed by atoms with Crippen LogP contribution in [-0.2, 0) is 11.2 Å². The molecule has 1 aromatic rings. The molecule has 2 N–H and O–H groups in total. The van der Waals surface area contributed by atoms with Gasteiger partial charge in [-0.15, -0.1) is 0 Å². The summed E-state index contributed by atoms with van der Waals surface area (Å²) < 4.78 is 27.1. The molecule has 1 aliphatic rings. The van der Waals surface area contributed by atoms with Gasteiger partial charge in [0.25, 0.3) is 0 Å². The largest absolute Gasteiger partial charge is 0.330 e. The molecule has 2 atom stereocenters. The number of ketones is 1. The molecule has 2 rings (SSSR count).